The van der Waals surface area contributed by atoms with Crippen molar-refractivity contribution in [3.63, 3.8) is 0 Å². The van der Waals surface area contributed by atoms with Crippen LogP contribution in [-0.4, -0.2) is 40.7 Å². The number of aryl methyl sites for hydroxylation is 1. The van der Waals surface area contributed by atoms with E-state index < -0.39 is 0 Å². The van der Waals surface area contributed by atoms with Crippen LogP contribution in [0.3, 0.4) is 0 Å². The number of hydrogen-bond acceptors (Lipinski definition) is 7. The first-order valence-corrected chi connectivity index (χ1v) is 9.67. The minimum Gasteiger partial charge on any atom is -0.494 e. The SMILES string of the molecule is CCOc1ccc(NC(=O)NCCNc2cc(Nc3ccccn3)nc(C)n2)cc1. The fourth-order valence-corrected chi connectivity index (χ4v) is 2.63. The summed E-state index contributed by atoms with van der Waals surface area (Å²) in [5, 5.41) is 11.9. The van der Waals surface area contributed by atoms with E-state index in [4.69, 9.17) is 4.74 Å². The van der Waals surface area contributed by atoms with Gasteiger partial charge in [0.05, 0.1) is 6.61 Å². The van der Waals surface area contributed by atoms with Crippen LogP contribution in [0.4, 0.5) is 27.9 Å². The van der Waals surface area contributed by atoms with E-state index in [1.165, 1.54) is 0 Å². The van der Waals surface area contributed by atoms with Gasteiger partial charge in [-0.25, -0.2) is 19.7 Å². The maximum absolute atomic E-state index is 12.0. The zero-order valence-electron chi connectivity index (χ0n) is 17.0. The Morgan fingerprint density at radius 2 is 1.80 bits per heavy atom. The minimum absolute atomic E-state index is 0.280. The average molecular weight is 407 g/mol. The van der Waals surface area contributed by atoms with Crippen LogP contribution >= 0.6 is 0 Å². The van der Waals surface area contributed by atoms with E-state index in [1.54, 1.807) is 24.4 Å². The highest BCUT2D eigenvalue weighted by molar-refractivity contribution is 5.89. The topological polar surface area (TPSA) is 113 Å². The number of benzene rings is 1. The van der Waals surface area contributed by atoms with Gasteiger partial charge in [-0.2, -0.15) is 0 Å². The summed E-state index contributed by atoms with van der Waals surface area (Å²) < 4.78 is 5.38. The standard InChI is InChI=1S/C21H25N7O2/c1-3-30-17-9-7-16(8-10-17)27-21(29)24-13-12-23-19-14-20(26-15(2)25-19)28-18-6-4-5-11-22-18/h4-11,14H,3,12-13H2,1-2H3,(H2,24,27,29)(H2,22,23,25,26,28). The molecule has 9 heteroatoms. The molecule has 0 saturated carbocycles. The fraction of sp³-hybridized carbons (Fsp3) is 0.238. The van der Waals surface area contributed by atoms with E-state index >= 15 is 0 Å². The van der Waals surface area contributed by atoms with Gasteiger partial charge in [-0.05, 0) is 50.2 Å². The highest BCUT2D eigenvalue weighted by Gasteiger charge is 2.04. The van der Waals surface area contributed by atoms with E-state index in [0.29, 0.717) is 48.7 Å². The molecule has 0 aliphatic heterocycles. The number of carbonyl (C=O) groups is 1. The second kappa shape index (κ2) is 10.6. The molecule has 9 nitrogen and oxygen atoms in total. The normalized spacial score (nSPS) is 10.2. The van der Waals surface area contributed by atoms with Crippen molar-refractivity contribution in [1.29, 1.82) is 0 Å². The van der Waals surface area contributed by atoms with Gasteiger partial charge in [0.2, 0.25) is 0 Å². The molecule has 2 heterocycles. The van der Waals surface area contributed by atoms with Crippen LogP contribution in [0.5, 0.6) is 5.75 Å². The number of amides is 2. The maximum Gasteiger partial charge on any atom is 0.319 e. The molecular formula is C21H25N7O2. The second-order valence-electron chi connectivity index (χ2n) is 6.29. The summed E-state index contributed by atoms with van der Waals surface area (Å²) in [7, 11) is 0. The van der Waals surface area contributed by atoms with Gasteiger partial charge in [0.1, 0.15) is 29.0 Å². The van der Waals surface area contributed by atoms with E-state index in [9.17, 15) is 4.79 Å². The van der Waals surface area contributed by atoms with Crippen molar-refractivity contribution < 1.29 is 9.53 Å². The van der Waals surface area contributed by atoms with Gasteiger partial charge in [-0.3, -0.25) is 0 Å². The maximum atomic E-state index is 12.0. The van der Waals surface area contributed by atoms with Crippen molar-refractivity contribution in [1.82, 2.24) is 20.3 Å². The first-order chi connectivity index (χ1) is 14.6. The van der Waals surface area contributed by atoms with Crippen molar-refractivity contribution in [2.75, 3.05) is 35.6 Å². The molecule has 0 radical (unpaired) electrons. The molecule has 1 aromatic carbocycles. The monoisotopic (exact) mass is 407 g/mol. The molecule has 0 bridgehead atoms. The number of aromatic nitrogens is 3. The summed E-state index contributed by atoms with van der Waals surface area (Å²) in [6.07, 6.45) is 1.71. The van der Waals surface area contributed by atoms with Gasteiger partial charge in [-0.1, -0.05) is 6.07 Å². The summed E-state index contributed by atoms with van der Waals surface area (Å²) >= 11 is 0. The zero-order chi connectivity index (χ0) is 21.2. The number of rotatable bonds is 9. The lowest BCUT2D eigenvalue weighted by molar-refractivity contribution is 0.252. The largest absolute Gasteiger partial charge is 0.494 e. The van der Waals surface area contributed by atoms with Gasteiger partial charge in [-0.15, -0.1) is 0 Å². The van der Waals surface area contributed by atoms with Crippen LogP contribution in [0, 0.1) is 6.92 Å². The summed E-state index contributed by atoms with van der Waals surface area (Å²) in [6.45, 7) is 5.28. The predicted octanol–water partition coefficient (Wildman–Crippen LogP) is 3.56. The number of nitrogens with one attached hydrogen (secondary N) is 4. The van der Waals surface area contributed by atoms with Crippen molar-refractivity contribution in [3.05, 3.63) is 60.6 Å². The minimum atomic E-state index is -0.280. The Labute approximate surface area is 175 Å². The highest BCUT2D eigenvalue weighted by atomic mass is 16.5. The van der Waals surface area contributed by atoms with E-state index in [2.05, 4.69) is 36.2 Å². The van der Waals surface area contributed by atoms with Crippen molar-refractivity contribution >= 4 is 29.2 Å². The van der Waals surface area contributed by atoms with Gasteiger partial charge in [0.25, 0.3) is 0 Å². The Morgan fingerprint density at radius 1 is 1.00 bits per heavy atom. The molecule has 0 spiro atoms. The molecule has 4 N–H and O–H groups in total. The van der Waals surface area contributed by atoms with Crippen LogP contribution in [-0.2, 0) is 0 Å². The predicted molar refractivity (Wildman–Crippen MR) is 117 cm³/mol. The molecule has 156 valence electrons. The number of hydrogen-bond donors (Lipinski definition) is 4. The summed E-state index contributed by atoms with van der Waals surface area (Å²) in [6, 6.07) is 14.3. The molecule has 0 unspecified atom stereocenters. The Kier molecular flexibility index (Phi) is 7.37. The molecule has 2 amide bonds. The number of urea groups is 1. The number of carbonyl (C=O) groups excluding carboxylic acids is 1. The lowest BCUT2D eigenvalue weighted by Crippen LogP contribution is -2.32. The molecule has 3 rings (SSSR count). The molecule has 0 aliphatic rings. The summed E-state index contributed by atoms with van der Waals surface area (Å²) in [5.41, 5.74) is 0.695. The quantitative estimate of drug-likeness (QED) is 0.401. The first kappa shape index (κ1) is 20.8. The molecule has 0 aliphatic carbocycles. The van der Waals surface area contributed by atoms with E-state index in [1.807, 2.05) is 44.2 Å². The lowest BCUT2D eigenvalue weighted by Gasteiger charge is -2.11. The van der Waals surface area contributed by atoms with Crippen molar-refractivity contribution in [3.8, 4) is 5.75 Å². The Bertz CT molecular complexity index is 949. The van der Waals surface area contributed by atoms with Crippen LogP contribution in [0.15, 0.2) is 54.7 Å². The van der Waals surface area contributed by atoms with Crippen molar-refractivity contribution in [2.24, 2.45) is 0 Å². The zero-order valence-corrected chi connectivity index (χ0v) is 17.0. The third kappa shape index (κ3) is 6.62. The second-order valence-corrected chi connectivity index (χ2v) is 6.29. The van der Waals surface area contributed by atoms with Crippen LogP contribution in [0.2, 0.25) is 0 Å². The van der Waals surface area contributed by atoms with Crippen LogP contribution < -0.4 is 26.0 Å². The van der Waals surface area contributed by atoms with E-state index in [0.717, 1.165) is 5.75 Å². The Morgan fingerprint density at radius 3 is 2.53 bits per heavy atom. The molecule has 0 atom stereocenters. The molecule has 0 saturated heterocycles. The number of pyridine rings is 1. The lowest BCUT2D eigenvalue weighted by atomic mass is 10.3. The molecule has 3 aromatic rings. The molecule has 30 heavy (non-hydrogen) atoms. The molecule has 2 aromatic heterocycles. The first-order valence-electron chi connectivity index (χ1n) is 9.67. The Balaban J connectivity index is 1.44. The van der Waals surface area contributed by atoms with Gasteiger partial charge >= 0.3 is 6.03 Å². The molecular weight excluding hydrogens is 382 g/mol. The summed E-state index contributed by atoms with van der Waals surface area (Å²) in [5.74, 6) is 3.40. The summed E-state index contributed by atoms with van der Waals surface area (Å²) in [4.78, 5) is 25.0. The van der Waals surface area contributed by atoms with Crippen LogP contribution in [0.1, 0.15) is 12.7 Å². The van der Waals surface area contributed by atoms with Crippen LogP contribution in [0.25, 0.3) is 0 Å². The van der Waals surface area contributed by atoms with Crippen molar-refractivity contribution in [2.45, 2.75) is 13.8 Å². The van der Waals surface area contributed by atoms with E-state index in [-0.39, 0.29) is 6.03 Å². The third-order valence-corrected chi connectivity index (χ3v) is 3.90. The van der Waals surface area contributed by atoms with Gasteiger partial charge in [0.15, 0.2) is 0 Å². The smallest absolute Gasteiger partial charge is 0.319 e. The highest BCUT2D eigenvalue weighted by Crippen LogP contribution is 2.16. The number of ether oxygens (including phenoxy) is 1. The van der Waals surface area contributed by atoms with Gasteiger partial charge < -0.3 is 26.0 Å². The van der Waals surface area contributed by atoms with Gasteiger partial charge in [0, 0.05) is 31.0 Å². The molecule has 0 fully saturated rings. The fourth-order valence-electron chi connectivity index (χ4n) is 2.63. The number of nitrogens with zero attached hydrogens (tertiary/aromatic N) is 3. The number of anilines is 4. The third-order valence-electron chi connectivity index (χ3n) is 3.90. The Hall–Kier alpha value is -3.88. The average Bonchev–Trinajstić information content (AvgIpc) is 2.73.